The molecule has 2 rings (SSSR count). The molecule has 1 unspecified atom stereocenters. The number of aliphatic hydroxyl groups is 1. The number of ether oxygens (including phenoxy) is 1. The fourth-order valence-corrected chi connectivity index (χ4v) is 2.06. The first-order chi connectivity index (χ1) is 8.26. The Balaban J connectivity index is 2.07. The molecule has 1 N–H and O–H groups in total. The Morgan fingerprint density at radius 3 is 3.29 bits per heavy atom. The summed E-state index contributed by atoms with van der Waals surface area (Å²) in [4.78, 5) is 13.7. The highest BCUT2D eigenvalue weighted by atomic mass is 16.5. The summed E-state index contributed by atoms with van der Waals surface area (Å²) in [5.74, 6) is 0.336. The molecule has 1 fully saturated rings. The predicted octanol–water partition coefficient (Wildman–Crippen LogP) is 0.418. The van der Waals surface area contributed by atoms with Crippen molar-refractivity contribution >= 4 is 5.91 Å². The molecule has 1 aliphatic heterocycles. The molecule has 94 valence electrons. The average molecular weight is 240 g/mol. The van der Waals surface area contributed by atoms with Gasteiger partial charge in [0.1, 0.15) is 6.61 Å². The molecular formula is C11H16N2O4. The number of aromatic nitrogens is 1. The second kappa shape index (κ2) is 5.29. The second-order valence-electron chi connectivity index (χ2n) is 4.09. The zero-order valence-corrected chi connectivity index (χ0v) is 9.76. The number of likely N-dealkylation sites (tertiary alicyclic amines) is 1. The van der Waals surface area contributed by atoms with E-state index in [9.17, 15) is 4.79 Å². The van der Waals surface area contributed by atoms with Gasteiger partial charge in [-0.25, -0.2) is 0 Å². The van der Waals surface area contributed by atoms with Crippen LogP contribution in [0.4, 0.5) is 0 Å². The molecule has 0 aliphatic carbocycles. The van der Waals surface area contributed by atoms with Gasteiger partial charge in [-0.05, 0) is 12.8 Å². The van der Waals surface area contributed by atoms with Gasteiger partial charge in [0, 0.05) is 19.7 Å². The minimum atomic E-state index is -0.187. The van der Waals surface area contributed by atoms with Gasteiger partial charge in [-0.3, -0.25) is 4.79 Å². The number of aliphatic hydroxyl groups excluding tert-OH is 1. The van der Waals surface area contributed by atoms with E-state index in [1.165, 1.54) is 0 Å². The third-order valence-electron chi connectivity index (χ3n) is 2.91. The summed E-state index contributed by atoms with van der Waals surface area (Å²) in [5, 5.41) is 12.9. The number of nitrogens with zero attached hydrogens (tertiary/aromatic N) is 2. The van der Waals surface area contributed by atoms with Gasteiger partial charge in [-0.1, -0.05) is 5.16 Å². The summed E-state index contributed by atoms with van der Waals surface area (Å²) in [6.45, 7) is 0.953. The maximum absolute atomic E-state index is 12.1. The highest BCUT2D eigenvalue weighted by molar-refractivity contribution is 5.92. The Morgan fingerprint density at radius 2 is 2.59 bits per heavy atom. The topological polar surface area (TPSA) is 75.8 Å². The lowest BCUT2D eigenvalue weighted by atomic mass is 10.2. The fourth-order valence-electron chi connectivity index (χ4n) is 2.06. The largest absolute Gasteiger partial charge is 0.394 e. The van der Waals surface area contributed by atoms with Crippen molar-refractivity contribution in [1.82, 2.24) is 10.1 Å². The van der Waals surface area contributed by atoms with Gasteiger partial charge in [0.05, 0.1) is 12.6 Å². The van der Waals surface area contributed by atoms with Crippen LogP contribution in [0, 0.1) is 0 Å². The van der Waals surface area contributed by atoms with Gasteiger partial charge in [-0.2, -0.15) is 0 Å². The molecule has 0 saturated carbocycles. The number of amides is 1. The monoisotopic (exact) mass is 240 g/mol. The molecule has 1 amide bonds. The highest BCUT2D eigenvalue weighted by Gasteiger charge is 2.30. The van der Waals surface area contributed by atoms with Crippen molar-refractivity contribution in [3.05, 3.63) is 17.5 Å². The van der Waals surface area contributed by atoms with Crippen LogP contribution in [0.15, 0.2) is 10.6 Å². The number of hydrogen-bond acceptors (Lipinski definition) is 5. The molecule has 6 nitrogen and oxygen atoms in total. The smallest absolute Gasteiger partial charge is 0.276 e. The minimum Gasteiger partial charge on any atom is -0.394 e. The first kappa shape index (κ1) is 12.1. The summed E-state index contributed by atoms with van der Waals surface area (Å²) in [6.07, 6.45) is 1.75. The van der Waals surface area contributed by atoms with Crippen molar-refractivity contribution in [1.29, 1.82) is 0 Å². The summed E-state index contributed by atoms with van der Waals surface area (Å²) in [7, 11) is 1.55. The Labute approximate surface area is 99.1 Å². The van der Waals surface area contributed by atoms with Crippen molar-refractivity contribution in [3.63, 3.8) is 0 Å². The molecule has 6 heteroatoms. The van der Waals surface area contributed by atoms with Crippen LogP contribution in [0.1, 0.15) is 29.1 Å². The molecule has 0 bridgehead atoms. The normalized spacial score (nSPS) is 19.9. The zero-order valence-electron chi connectivity index (χ0n) is 9.76. The number of carbonyl (C=O) groups excluding carboxylic acids is 1. The third-order valence-corrected chi connectivity index (χ3v) is 2.91. The van der Waals surface area contributed by atoms with Crippen LogP contribution in [0.2, 0.25) is 0 Å². The third kappa shape index (κ3) is 2.48. The van der Waals surface area contributed by atoms with Crippen molar-refractivity contribution < 1.29 is 19.2 Å². The van der Waals surface area contributed by atoms with Crippen molar-refractivity contribution in [2.45, 2.75) is 25.5 Å². The molecular weight excluding hydrogens is 224 g/mol. The maximum atomic E-state index is 12.1. The highest BCUT2D eigenvalue weighted by Crippen LogP contribution is 2.19. The van der Waals surface area contributed by atoms with Gasteiger partial charge < -0.3 is 19.3 Å². The van der Waals surface area contributed by atoms with Gasteiger partial charge in [-0.15, -0.1) is 0 Å². The van der Waals surface area contributed by atoms with E-state index in [1.807, 2.05) is 0 Å². The van der Waals surface area contributed by atoms with Crippen LogP contribution in [0.3, 0.4) is 0 Å². The lowest BCUT2D eigenvalue weighted by molar-refractivity contribution is 0.0667. The molecule has 1 atom stereocenters. The quantitative estimate of drug-likeness (QED) is 0.825. The van der Waals surface area contributed by atoms with Crippen LogP contribution in [0.5, 0.6) is 0 Å². The summed E-state index contributed by atoms with van der Waals surface area (Å²) < 4.78 is 9.86. The number of carbonyl (C=O) groups is 1. The van der Waals surface area contributed by atoms with Crippen molar-refractivity contribution in [2.24, 2.45) is 0 Å². The molecule has 1 saturated heterocycles. The van der Waals surface area contributed by atoms with Crippen molar-refractivity contribution in [2.75, 3.05) is 20.3 Å². The predicted molar refractivity (Wildman–Crippen MR) is 58.4 cm³/mol. The Morgan fingerprint density at radius 1 is 1.76 bits per heavy atom. The number of hydrogen-bond donors (Lipinski definition) is 1. The molecule has 0 aromatic carbocycles. The number of rotatable bonds is 4. The molecule has 1 aromatic heterocycles. The Kier molecular flexibility index (Phi) is 3.75. The fraction of sp³-hybridized carbons (Fsp3) is 0.636. The van der Waals surface area contributed by atoms with E-state index in [4.69, 9.17) is 14.4 Å². The lowest BCUT2D eigenvalue weighted by Gasteiger charge is -2.21. The summed E-state index contributed by atoms with van der Waals surface area (Å²) >= 11 is 0. The minimum absolute atomic E-state index is 0.00544. The van der Waals surface area contributed by atoms with Crippen LogP contribution >= 0.6 is 0 Å². The van der Waals surface area contributed by atoms with E-state index in [0.29, 0.717) is 18.9 Å². The second-order valence-corrected chi connectivity index (χ2v) is 4.09. The first-order valence-electron chi connectivity index (χ1n) is 5.62. The molecule has 2 heterocycles. The summed E-state index contributed by atoms with van der Waals surface area (Å²) in [6, 6.07) is 1.49. The van der Waals surface area contributed by atoms with Crippen LogP contribution < -0.4 is 0 Å². The zero-order chi connectivity index (χ0) is 12.3. The molecule has 0 spiro atoms. The van der Waals surface area contributed by atoms with Crippen LogP contribution in [0.25, 0.3) is 0 Å². The molecule has 1 aromatic rings. The van der Waals surface area contributed by atoms with E-state index in [0.717, 1.165) is 12.8 Å². The van der Waals surface area contributed by atoms with Crippen LogP contribution in [-0.4, -0.2) is 47.4 Å². The number of methoxy groups -OCH3 is 1. The Hall–Kier alpha value is -1.40. The van der Waals surface area contributed by atoms with Crippen molar-refractivity contribution in [3.8, 4) is 0 Å². The van der Waals surface area contributed by atoms with Gasteiger partial charge in [0.25, 0.3) is 5.91 Å². The molecule has 1 aliphatic rings. The summed E-state index contributed by atoms with van der Waals surface area (Å²) in [5.41, 5.74) is 0.275. The van der Waals surface area contributed by atoms with Crippen LogP contribution in [-0.2, 0) is 11.3 Å². The lowest BCUT2D eigenvalue weighted by Crippen LogP contribution is -2.37. The molecule has 17 heavy (non-hydrogen) atoms. The van der Waals surface area contributed by atoms with E-state index >= 15 is 0 Å². The van der Waals surface area contributed by atoms with Gasteiger partial charge >= 0.3 is 0 Å². The SMILES string of the molecule is COCc1cc(C(=O)N2CCCC2CO)no1. The van der Waals surface area contributed by atoms with E-state index in [-0.39, 0.29) is 24.2 Å². The molecule has 0 radical (unpaired) electrons. The van der Waals surface area contributed by atoms with Gasteiger partial charge in [0.15, 0.2) is 11.5 Å². The van der Waals surface area contributed by atoms with E-state index in [1.54, 1.807) is 18.1 Å². The standard InChI is InChI=1S/C11H16N2O4/c1-16-7-9-5-10(12-17-9)11(15)13-4-2-3-8(13)6-14/h5,8,14H,2-4,6-7H2,1H3. The Bertz CT molecular complexity index is 391. The van der Waals surface area contributed by atoms with Gasteiger partial charge in [0.2, 0.25) is 0 Å². The average Bonchev–Trinajstić information content (AvgIpc) is 2.96. The first-order valence-corrected chi connectivity index (χ1v) is 5.62. The maximum Gasteiger partial charge on any atom is 0.276 e. The van der Waals surface area contributed by atoms with E-state index in [2.05, 4.69) is 5.16 Å². The van der Waals surface area contributed by atoms with E-state index < -0.39 is 0 Å².